The zero-order valence-electron chi connectivity index (χ0n) is 9.64. The molecule has 18 heavy (non-hydrogen) atoms. The lowest BCUT2D eigenvalue weighted by Crippen LogP contribution is -1.96. The highest BCUT2D eigenvalue weighted by molar-refractivity contribution is 9.10. The predicted octanol–water partition coefficient (Wildman–Crippen LogP) is 3.87. The fraction of sp³-hybridized carbons (Fsp3) is 0.250. The molecule has 0 atom stereocenters. The summed E-state index contributed by atoms with van der Waals surface area (Å²) in [4.78, 5) is 5.40. The van der Waals surface area contributed by atoms with Gasteiger partial charge >= 0.3 is 0 Å². The number of benzene rings is 1. The van der Waals surface area contributed by atoms with Crippen LogP contribution in [0, 0.1) is 11.6 Å². The molecule has 2 nitrogen and oxygen atoms in total. The minimum Gasteiger partial charge on any atom is -0.326 e. The average molecular weight is 333 g/mol. The van der Waals surface area contributed by atoms with Crippen LogP contribution in [-0.2, 0) is 13.0 Å². The molecule has 96 valence electrons. The van der Waals surface area contributed by atoms with Gasteiger partial charge in [-0.15, -0.1) is 11.3 Å². The van der Waals surface area contributed by atoms with Crippen LogP contribution in [0.1, 0.15) is 17.5 Å². The normalized spacial score (nSPS) is 10.9. The Morgan fingerprint density at radius 1 is 1.39 bits per heavy atom. The summed E-state index contributed by atoms with van der Waals surface area (Å²) in [6.45, 7) is 2.39. The van der Waals surface area contributed by atoms with Gasteiger partial charge in [0.1, 0.15) is 5.01 Å². The molecule has 0 unspecified atom stereocenters. The Morgan fingerprint density at radius 2 is 2.11 bits per heavy atom. The summed E-state index contributed by atoms with van der Waals surface area (Å²) in [7, 11) is 0. The van der Waals surface area contributed by atoms with Crippen molar-refractivity contribution < 1.29 is 8.78 Å². The number of aromatic nitrogens is 1. The number of rotatable bonds is 3. The molecule has 6 heteroatoms. The number of halogens is 3. The Bertz CT molecular complexity index is 562. The highest BCUT2D eigenvalue weighted by Gasteiger charge is 2.16. The van der Waals surface area contributed by atoms with Gasteiger partial charge < -0.3 is 5.73 Å². The summed E-state index contributed by atoms with van der Waals surface area (Å²) in [6.07, 6.45) is 0.768. The number of thiazole rings is 1. The summed E-state index contributed by atoms with van der Waals surface area (Å²) in [5.74, 6) is -1.77. The number of hydrogen-bond donors (Lipinski definition) is 1. The van der Waals surface area contributed by atoms with Crippen LogP contribution in [-0.4, -0.2) is 4.98 Å². The molecule has 1 heterocycles. The maximum atomic E-state index is 13.5. The van der Waals surface area contributed by atoms with Crippen LogP contribution < -0.4 is 5.73 Å². The van der Waals surface area contributed by atoms with Crippen LogP contribution in [0.5, 0.6) is 0 Å². The largest absolute Gasteiger partial charge is 0.326 e. The van der Waals surface area contributed by atoms with Crippen molar-refractivity contribution in [1.82, 2.24) is 4.98 Å². The maximum absolute atomic E-state index is 13.5. The van der Waals surface area contributed by atoms with Gasteiger partial charge in [0, 0.05) is 17.0 Å². The van der Waals surface area contributed by atoms with Gasteiger partial charge in [0.05, 0.1) is 10.2 Å². The number of nitrogens with zero attached hydrogens (tertiary/aromatic N) is 1. The summed E-state index contributed by atoms with van der Waals surface area (Å²) in [5.41, 5.74) is 7.09. The quantitative estimate of drug-likeness (QED) is 0.866. The highest BCUT2D eigenvalue weighted by atomic mass is 79.9. The van der Waals surface area contributed by atoms with E-state index in [9.17, 15) is 8.78 Å². The summed E-state index contributed by atoms with van der Waals surface area (Å²) in [5, 5.41) is 0.651. The van der Waals surface area contributed by atoms with Gasteiger partial charge in [0.2, 0.25) is 0 Å². The molecular formula is C12H11BrF2N2S. The monoisotopic (exact) mass is 332 g/mol. The lowest BCUT2D eigenvalue weighted by Gasteiger charge is -2.02. The molecule has 2 aromatic rings. The van der Waals surface area contributed by atoms with E-state index >= 15 is 0 Å². The van der Waals surface area contributed by atoms with Gasteiger partial charge in [0.15, 0.2) is 11.6 Å². The molecule has 0 fully saturated rings. The Labute approximate surface area is 116 Å². The molecule has 2 N–H and O–H groups in total. The van der Waals surface area contributed by atoms with E-state index in [-0.39, 0.29) is 4.47 Å². The van der Waals surface area contributed by atoms with Gasteiger partial charge in [-0.1, -0.05) is 6.92 Å². The summed E-state index contributed by atoms with van der Waals surface area (Å²) >= 11 is 4.48. The topological polar surface area (TPSA) is 38.9 Å². The van der Waals surface area contributed by atoms with E-state index in [1.807, 2.05) is 6.92 Å². The molecule has 0 aliphatic rings. The maximum Gasteiger partial charge on any atom is 0.173 e. The molecule has 1 aromatic carbocycles. The number of aryl methyl sites for hydroxylation is 1. The second-order valence-electron chi connectivity index (χ2n) is 3.67. The van der Waals surface area contributed by atoms with Crippen molar-refractivity contribution in [2.24, 2.45) is 5.73 Å². The molecule has 0 amide bonds. The fourth-order valence-corrected chi connectivity index (χ4v) is 3.33. The van der Waals surface area contributed by atoms with Gasteiger partial charge in [-0.05, 0) is 34.5 Å². The molecule has 1 aromatic heterocycles. The lowest BCUT2D eigenvalue weighted by atomic mass is 10.2. The van der Waals surface area contributed by atoms with E-state index in [0.29, 0.717) is 17.1 Å². The second-order valence-corrected chi connectivity index (χ2v) is 5.55. The Balaban J connectivity index is 2.55. The smallest absolute Gasteiger partial charge is 0.173 e. The van der Waals surface area contributed by atoms with Crippen LogP contribution in [0.3, 0.4) is 0 Å². The van der Waals surface area contributed by atoms with Crippen molar-refractivity contribution in [3.63, 3.8) is 0 Å². The molecule has 2 rings (SSSR count). The van der Waals surface area contributed by atoms with Crippen LogP contribution in [0.2, 0.25) is 0 Å². The first-order valence-electron chi connectivity index (χ1n) is 5.41. The summed E-state index contributed by atoms with van der Waals surface area (Å²) in [6, 6.07) is 2.62. The SMILES string of the molecule is CCc1nc(-c2ccc(F)c(F)c2Br)sc1CN. The van der Waals surface area contributed by atoms with Gasteiger partial charge in [-0.2, -0.15) is 0 Å². The molecule has 0 aliphatic carbocycles. The molecule has 0 aliphatic heterocycles. The molecule has 0 saturated carbocycles. The van der Waals surface area contributed by atoms with E-state index in [1.54, 1.807) is 0 Å². The van der Waals surface area contributed by atoms with Crippen molar-refractivity contribution in [2.75, 3.05) is 0 Å². The molecule has 0 saturated heterocycles. The molecule has 0 radical (unpaired) electrons. The van der Waals surface area contributed by atoms with Crippen molar-refractivity contribution in [1.29, 1.82) is 0 Å². The summed E-state index contributed by atoms with van der Waals surface area (Å²) < 4.78 is 26.6. The Kier molecular flexibility index (Phi) is 4.09. The van der Waals surface area contributed by atoms with Crippen LogP contribution in [0.4, 0.5) is 8.78 Å². The Hall–Kier alpha value is -0.850. The van der Waals surface area contributed by atoms with E-state index in [4.69, 9.17) is 5.73 Å². The first kappa shape index (κ1) is 13.6. The van der Waals surface area contributed by atoms with Crippen molar-refractivity contribution >= 4 is 27.3 Å². The van der Waals surface area contributed by atoms with Crippen LogP contribution in [0.15, 0.2) is 16.6 Å². The Morgan fingerprint density at radius 3 is 2.67 bits per heavy atom. The van der Waals surface area contributed by atoms with Gasteiger partial charge in [0.25, 0.3) is 0 Å². The van der Waals surface area contributed by atoms with E-state index < -0.39 is 11.6 Å². The van der Waals surface area contributed by atoms with E-state index in [0.717, 1.165) is 23.1 Å². The van der Waals surface area contributed by atoms with Crippen LogP contribution in [0.25, 0.3) is 10.6 Å². The molecular weight excluding hydrogens is 322 g/mol. The minimum absolute atomic E-state index is 0.0995. The van der Waals surface area contributed by atoms with Gasteiger partial charge in [-0.3, -0.25) is 0 Å². The first-order chi connectivity index (χ1) is 8.58. The highest BCUT2D eigenvalue weighted by Crippen LogP contribution is 2.35. The van der Waals surface area contributed by atoms with Crippen molar-refractivity contribution in [3.8, 4) is 10.6 Å². The zero-order chi connectivity index (χ0) is 13.3. The third kappa shape index (κ3) is 2.32. The van der Waals surface area contributed by atoms with Crippen molar-refractivity contribution in [3.05, 3.63) is 38.8 Å². The third-order valence-electron chi connectivity index (χ3n) is 2.56. The van der Waals surface area contributed by atoms with Crippen molar-refractivity contribution in [2.45, 2.75) is 19.9 Å². The second kappa shape index (κ2) is 5.42. The first-order valence-corrected chi connectivity index (χ1v) is 7.02. The fourth-order valence-electron chi connectivity index (χ4n) is 1.63. The third-order valence-corrected chi connectivity index (χ3v) is 4.49. The standard InChI is InChI=1S/C12H11BrF2N2S/c1-2-8-9(5-16)18-12(17-8)6-3-4-7(14)11(15)10(6)13/h3-4H,2,5,16H2,1H3. The molecule has 0 bridgehead atoms. The lowest BCUT2D eigenvalue weighted by molar-refractivity contribution is 0.505. The average Bonchev–Trinajstić information content (AvgIpc) is 2.79. The van der Waals surface area contributed by atoms with Gasteiger partial charge in [-0.25, -0.2) is 13.8 Å². The van der Waals surface area contributed by atoms with E-state index in [1.165, 1.54) is 17.4 Å². The molecule has 0 spiro atoms. The predicted molar refractivity (Wildman–Crippen MR) is 72.4 cm³/mol. The van der Waals surface area contributed by atoms with Crippen LogP contribution >= 0.6 is 27.3 Å². The number of hydrogen-bond acceptors (Lipinski definition) is 3. The number of nitrogens with two attached hydrogens (primary N) is 1. The van der Waals surface area contributed by atoms with E-state index in [2.05, 4.69) is 20.9 Å². The zero-order valence-corrected chi connectivity index (χ0v) is 12.0. The minimum atomic E-state index is -0.893.